The Kier molecular flexibility index (Phi) is 8.87. The van der Waals surface area contributed by atoms with Gasteiger partial charge in [0.05, 0.1) is 0 Å². The number of rotatable bonds is 11. The summed E-state index contributed by atoms with van der Waals surface area (Å²) in [7, 11) is 3.70. The minimum absolute atomic E-state index is 0.0884. The van der Waals surface area contributed by atoms with Gasteiger partial charge in [-0.15, -0.1) is 0 Å². The van der Waals surface area contributed by atoms with Crippen molar-refractivity contribution in [3.8, 4) is 11.1 Å². The van der Waals surface area contributed by atoms with Crippen LogP contribution in [0.2, 0.25) is 0 Å². The lowest BCUT2D eigenvalue weighted by Gasteiger charge is -2.30. The van der Waals surface area contributed by atoms with Gasteiger partial charge in [-0.2, -0.15) is 0 Å². The monoisotopic (exact) mass is 481 g/mol. The number of carboxylic acid groups (broad SMARTS) is 1. The first-order valence-electron chi connectivity index (χ1n) is 12.0. The fraction of sp³-hybridized carbons (Fsp3) is 0.444. The van der Waals surface area contributed by atoms with Crippen LogP contribution in [0.25, 0.3) is 11.1 Å². The Labute approximate surface area is 206 Å². The number of benzene rings is 2. The number of carboxylic acids is 1. The first kappa shape index (κ1) is 26.2. The normalized spacial score (nSPS) is 14.1. The Balaban J connectivity index is 1.71. The van der Waals surface area contributed by atoms with Gasteiger partial charge in [0.15, 0.2) is 0 Å². The molecule has 1 aliphatic rings. The molecule has 188 valence electrons. The molecule has 0 saturated heterocycles. The maximum atomic E-state index is 13.3. The molecule has 0 bridgehead atoms. The summed E-state index contributed by atoms with van der Waals surface area (Å²) >= 11 is 0. The number of aliphatic carboxylic acids is 1. The Bertz CT molecular complexity index is 1010. The number of carbonyl (C=O) groups excluding carboxylic acids is 2. The van der Waals surface area contributed by atoms with Crippen molar-refractivity contribution in [2.45, 2.75) is 32.2 Å². The van der Waals surface area contributed by atoms with Gasteiger partial charge in [0.2, 0.25) is 5.91 Å². The second-order valence-electron chi connectivity index (χ2n) is 9.29. The third kappa shape index (κ3) is 6.39. The highest BCUT2D eigenvalue weighted by Crippen LogP contribution is 2.44. The fourth-order valence-corrected chi connectivity index (χ4v) is 4.40. The molecule has 2 atom stereocenters. The number of alkyl carbamates (subject to hydrolysis) is 1. The van der Waals surface area contributed by atoms with E-state index in [4.69, 9.17) is 4.74 Å². The molecule has 8 heteroatoms. The number of hydrogen-bond donors (Lipinski definition) is 2. The molecule has 1 unspecified atom stereocenters. The Morgan fingerprint density at radius 2 is 1.57 bits per heavy atom. The molecule has 1 aliphatic carbocycles. The Morgan fingerprint density at radius 1 is 1.00 bits per heavy atom. The minimum Gasteiger partial charge on any atom is -0.480 e. The lowest BCUT2D eigenvalue weighted by Crippen LogP contribution is -2.54. The van der Waals surface area contributed by atoms with Crippen molar-refractivity contribution in [2.24, 2.45) is 5.92 Å². The second-order valence-corrected chi connectivity index (χ2v) is 9.29. The predicted octanol–water partition coefficient (Wildman–Crippen LogP) is 3.41. The van der Waals surface area contributed by atoms with Crippen LogP contribution >= 0.6 is 0 Å². The molecule has 2 aromatic rings. The van der Waals surface area contributed by atoms with E-state index in [1.54, 1.807) is 0 Å². The van der Waals surface area contributed by atoms with Gasteiger partial charge in [-0.25, -0.2) is 4.79 Å². The highest BCUT2D eigenvalue weighted by Gasteiger charge is 2.33. The summed E-state index contributed by atoms with van der Waals surface area (Å²) in [6, 6.07) is 15.3. The number of carbonyl (C=O) groups is 3. The zero-order valence-electron chi connectivity index (χ0n) is 20.9. The molecule has 2 amide bonds. The van der Waals surface area contributed by atoms with E-state index in [-0.39, 0.29) is 25.0 Å². The van der Waals surface area contributed by atoms with Gasteiger partial charge in [0, 0.05) is 19.0 Å². The van der Waals surface area contributed by atoms with Gasteiger partial charge in [-0.3, -0.25) is 9.59 Å². The summed E-state index contributed by atoms with van der Waals surface area (Å²) in [4.78, 5) is 40.7. The average molecular weight is 482 g/mol. The molecule has 0 aliphatic heterocycles. The molecule has 0 radical (unpaired) electrons. The van der Waals surface area contributed by atoms with Crippen LogP contribution in [0.5, 0.6) is 0 Å². The summed E-state index contributed by atoms with van der Waals surface area (Å²) in [5, 5.41) is 12.0. The van der Waals surface area contributed by atoms with Gasteiger partial charge < -0.3 is 25.0 Å². The maximum absolute atomic E-state index is 13.3. The largest absolute Gasteiger partial charge is 0.480 e. The lowest BCUT2D eigenvalue weighted by molar-refractivity contribution is -0.146. The van der Waals surface area contributed by atoms with Crippen molar-refractivity contribution in [3.63, 3.8) is 0 Å². The number of fused-ring (bicyclic) bond motifs is 3. The summed E-state index contributed by atoms with van der Waals surface area (Å²) in [6.45, 7) is 4.25. The molecule has 35 heavy (non-hydrogen) atoms. The zero-order valence-corrected chi connectivity index (χ0v) is 20.9. The van der Waals surface area contributed by atoms with E-state index in [2.05, 4.69) is 17.4 Å². The number of hydrogen-bond acceptors (Lipinski definition) is 5. The van der Waals surface area contributed by atoms with Crippen LogP contribution in [0, 0.1) is 5.92 Å². The van der Waals surface area contributed by atoms with Crippen molar-refractivity contribution in [2.75, 3.05) is 40.3 Å². The molecule has 2 N–H and O–H groups in total. The summed E-state index contributed by atoms with van der Waals surface area (Å²) < 4.78 is 5.63. The maximum Gasteiger partial charge on any atom is 0.407 e. The molecule has 0 fully saturated rings. The topological polar surface area (TPSA) is 99.2 Å². The number of nitrogens with zero attached hydrogens (tertiary/aromatic N) is 2. The Hall–Kier alpha value is -3.39. The summed E-state index contributed by atoms with van der Waals surface area (Å²) in [5.74, 6) is -1.80. The van der Waals surface area contributed by atoms with Crippen LogP contribution in [-0.2, 0) is 14.3 Å². The fourth-order valence-electron chi connectivity index (χ4n) is 4.40. The van der Waals surface area contributed by atoms with E-state index in [0.717, 1.165) is 22.3 Å². The predicted molar refractivity (Wildman–Crippen MR) is 134 cm³/mol. The summed E-state index contributed by atoms with van der Waals surface area (Å²) in [6.07, 6.45) is -0.0531. The smallest absolute Gasteiger partial charge is 0.407 e. The van der Waals surface area contributed by atoms with Crippen LogP contribution in [0.15, 0.2) is 48.5 Å². The number of amides is 2. The van der Waals surface area contributed by atoms with Crippen molar-refractivity contribution < 1.29 is 24.2 Å². The standard InChI is InChI=1S/C27H35N3O5/c1-5-18(2)25(26(33)30(16-24(31)32)15-14-29(3)4)28-27(34)35-17-23-21-12-8-6-10-19(21)20-11-7-9-13-22(20)23/h6-13,18,23,25H,5,14-17H2,1-4H3,(H,28,34)(H,31,32)/t18?,25-/m0/s1. The number of nitrogens with one attached hydrogen (secondary N) is 1. The highest BCUT2D eigenvalue weighted by atomic mass is 16.5. The highest BCUT2D eigenvalue weighted by molar-refractivity contribution is 5.88. The van der Waals surface area contributed by atoms with Gasteiger partial charge in [0.1, 0.15) is 19.2 Å². The van der Waals surface area contributed by atoms with E-state index in [0.29, 0.717) is 13.0 Å². The molecule has 8 nitrogen and oxygen atoms in total. The summed E-state index contributed by atoms with van der Waals surface area (Å²) in [5.41, 5.74) is 4.48. The van der Waals surface area contributed by atoms with Crippen molar-refractivity contribution in [3.05, 3.63) is 59.7 Å². The van der Waals surface area contributed by atoms with Crippen molar-refractivity contribution in [1.82, 2.24) is 15.1 Å². The van der Waals surface area contributed by atoms with E-state index in [1.165, 1.54) is 4.90 Å². The number of likely N-dealkylation sites (N-methyl/N-ethyl adjacent to an activating group) is 1. The van der Waals surface area contributed by atoms with Gasteiger partial charge >= 0.3 is 12.1 Å². The van der Waals surface area contributed by atoms with Crippen LogP contribution in [-0.4, -0.2) is 79.3 Å². The second kappa shape index (κ2) is 11.8. The SMILES string of the molecule is CCC(C)[C@H](NC(=O)OCC1c2ccccc2-c2ccccc21)C(=O)N(CCN(C)C)CC(=O)O. The van der Waals surface area contributed by atoms with E-state index >= 15 is 0 Å². The average Bonchev–Trinajstić information content (AvgIpc) is 3.16. The molecule has 0 spiro atoms. The number of ether oxygens (including phenoxy) is 1. The molecular formula is C27H35N3O5. The lowest BCUT2D eigenvalue weighted by atomic mass is 9.97. The van der Waals surface area contributed by atoms with Crippen molar-refractivity contribution in [1.29, 1.82) is 0 Å². The van der Waals surface area contributed by atoms with Gasteiger partial charge in [-0.05, 0) is 42.3 Å². The van der Waals surface area contributed by atoms with E-state index < -0.39 is 30.6 Å². The van der Waals surface area contributed by atoms with Crippen molar-refractivity contribution >= 4 is 18.0 Å². The Morgan fingerprint density at radius 3 is 2.09 bits per heavy atom. The van der Waals surface area contributed by atoms with Crippen LogP contribution in [0.3, 0.4) is 0 Å². The van der Waals surface area contributed by atoms with Gasteiger partial charge in [0.25, 0.3) is 0 Å². The van der Waals surface area contributed by atoms with Gasteiger partial charge in [-0.1, -0.05) is 68.8 Å². The van der Waals surface area contributed by atoms with Crippen LogP contribution in [0.4, 0.5) is 4.79 Å². The quantitative estimate of drug-likeness (QED) is 0.510. The zero-order chi connectivity index (χ0) is 25.5. The molecule has 3 rings (SSSR count). The van der Waals surface area contributed by atoms with E-state index in [1.807, 2.05) is 69.2 Å². The molecule has 0 heterocycles. The minimum atomic E-state index is -1.10. The third-order valence-corrected chi connectivity index (χ3v) is 6.55. The molecule has 0 aromatic heterocycles. The van der Waals surface area contributed by atoms with E-state index in [9.17, 15) is 19.5 Å². The first-order valence-corrected chi connectivity index (χ1v) is 12.0. The third-order valence-electron chi connectivity index (χ3n) is 6.55. The molecule has 0 saturated carbocycles. The van der Waals surface area contributed by atoms with Crippen LogP contribution < -0.4 is 5.32 Å². The molecular weight excluding hydrogens is 446 g/mol. The molecule has 2 aromatic carbocycles. The van der Waals surface area contributed by atoms with Crippen LogP contribution in [0.1, 0.15) is 37.3 Å². The first-order chi connectivity index (χ1) is 16.7.